The summed E-state index contributed by atoms with van der Waals surface area (Å²) in [5.74, 6) is 1.99. The van der Waals surface area contributed by atoms with Crippen molar-refractivity contribution in [1.29, 1.82) is 0 Å². The van der Waals surface area contributed by atoms with E-state index in [9.17, 15) is 0 Å². The minimum Gasteiger partial charge on any atom is -0.494 e. The molecule has 3 rings (SSSR count). The molecule has 0 saturated heterocycles. The van der Waals surface area contributed by atoms with Gasteiger partial charge in [0.2, 0.25) is 5.82 Å². The van der Waals surface area contributed by atoms with Crippen LogP contribution in [0.1, 0.15) is 6.92 Å². The first-order valence-corrected chi connectivity index (χ1v) is 6.56. The van der Waals surface area contributed by atoms with E-state index < -0.39 is 0 Å². The van der Waals surface area contributed by atoms with Crippen LogP contribution in [0.4, 0.5) is 5.82 Å². The number of nitrogens with two attached hydrogens (primary N) is 1. The summed E-state index contributed by atoms with van der Waals surface area (Å²) < 4.78 is 10.7. The monoisotopic (exact) mass is 282 g/mol. The fraction of sp³-hybridized carbons (Fsp3) is 0.133. The second-order valence-electron chi connectivity index (χ2n) is 4.33. The molecule has 2 heterocycles. The average Bonchev–Trinajstić information content (AvgIpc) is 2.98. The number of ether oxygens (including phenoxy) is 1. The first kappa shape index (κ1) is 13.1. The van der Waals surface area contributed by atoms with Gasteiger partial charge in [0, 0.05) is 5.56 Å². The Hall–Kier alpha value is -2.89. The number of aromatic nitrogens is 3. The summed E-state index contributed by atoms with van der Waals surface area (Å²) in [6.45, 7) is 2.54. The summed E-state index contributed by atoms with van der Waals surface area (Å²) in [6.07, 6.45) is 0. The zero-order valence-electron chi connectivity index (χ0n) is 11.5. The van der Waals surface area contributed by atoms with Crippen LogP contribution in [0.25, 0.3) is 23.0 Å². The molecule has 0 saturated carbocycles. The first-order valence-electron chi connectivity index (χ1n) is 6.56. The van der Waals surface area contributed by atoms with Gasteiger partial charge in [0.1, 0.15) is 17.3 Å². The van der Waals surface area contributed by atoms with Crippen LogP contribution in [0.3, 0.4) is 0 Å². The van der Waals surface area contributed by atoms with Gasteiger partial charge in [-0.05, 0) is 31.2 Å². The Morgan fingerprint density at radius 3 is 2.81 bits per heavy atom. The highest BCUT2D eigenvalue weighted by molar-refractivity contribution is 5.60. The van der Waals surface area contributed by atoms with E-state index in [1.807, 2.05) is 31.2 Å². The highest BCUT2D eigenvalue weighted by Crippen LogP contribution is 2.24. The molecule has 0 aliphatic carbocycles. The van der Waals surface area contributed by atoms with E-state index >= 15 is 0 Å². The maximum Gasteiger partial charge on any atom is 0.276 e. The van der Waals surface area contributed by atoms with Crippen molar-refractivity contribution in [3.05, 3.63) is 42.5 Å². The second-order valence-corrected chi connectivity index (χ2v) is 4.33. The number of benzene rings is 1. The molecule has 2 N–H and O–H groups in total. The van der Waals surface area contributed by atoms with Crippen molar-refractivity contribution in [2.75, 3.05) is 12.3 Å². The predicted molar refractivity (Wildman–Crippen MR) is 78.5 cm³/mol. The Balaban J connectivity index is 1.93. The Kier molecular flexibility index (Phi) is 3.51. The number of hydrogen-bond acceptors (Lipinski definition) is 6. The summed E-state index contributed by atoms with van der Waals surface area (Å²) in [5, 5.41) is 3.97. The van der Waals surface area contributed by atoms with Gasteiger partial charge in [-0.15, -0.1) is 0 Å². The third-order valence-corrected chi connectivity index (χ3v) is 2.82. The Morgan fingerprint density at radius 2 is 2.00 bits per heavy atom. The van der Waals surface area contributed by atoms with Crippen LogP contribution in [0, 0.1) is 0 Å². The molecule has 0 spiro atoms. The quantitative estimate of drug-likeness (QED) is 0.791. The molecular formula is C15H14N4O2. The van der Waals surface area contributed by atoms with Gasteiger partial charge in [-0.25, -0.2) is 4.98 Å². The number of pyridine rings is 1. The standard InChI is InChI=1S/C15H14N4O2/c1-2-20-11-6-3-5-10(9-11)14-18-15(21-19-14)12-7-4-8-13(16)17-12/h3-9H,2H2,1H3,(H2,16,17). The smallest absolute Gasteiger partial charge is 0.276 e. The highest BCUT2D eigenvalue weighted by Gasteiger charge is 2.12. The number of hydrogen-bond donors (Lipinski definition) is 1. The summed E-state index contributed by atoms with van der Waals surface area (Å²) in [4.78, 5) is 8.50. The molecule has 2 aromatic heterocycles. The normalized spacial score (nSPS) is 10.5. The maximum absolute atomic E-state index is 5.65. The summed E-state index contributed by atoms with van der Waals surface area (Å²) >= 11 is 0. The van der Waals surface area contributed by atoms with Crippen molar-refractivity contribution in [3.63, 3.8) is 0 Å². The molecule has 0 aliphatic heterocycles. The lowest BCUT2D eigenvalue weighted by atomic mass is 10.2. The van der Waals surface area contributed by atoms with Crippen LogP contribution in [0.2, 0.25) is 0 Å². The lowest BCUT2D eigenvalue weighted by Gasteiger charge is -2.02. The molecule has 1 aromatic carbocycles. The van der Waals surface area contributed by atoms with Gasteiger partial charge in [-0.1, -0.05) is 23.4 Å². The minimum atomic E-state index is 0.333. The summed E-state index contributed by atoms with van der Waals surface area (Å²) in [6, 6.07) is 12.8. The van der Waals surface area contributed by atoms with E-state index in [4.69, 9.17) is 15.0 Å². The van der Waals surface area contributed by atoms with Crippen molar-refractivity contribution in [2.24, 2.45) is 0 Å². The number of nitrogen functional groups attached to an aromatic ring is 1. The molecule has 21 heavy (non-hydrogen) atoms. The molecular weight excluding hydrogens is 268 g/mol. The van der Waals surface area contributed by atoms with E-state index in [0.717, 1.165) is 11.3 Å². The number of nitrogens with zero attached hydrogens (tertiary/aromatic N) is 3. The molecule has 0 unspecified atom stereocenters. The molecule has 0 radical (unpaired) electrons. The van der Waals surface area contributed by atoms with E-state index in [1.165, 1.54) is 0 Å². The van der Waals surface area contributed by atoms with Crippen LogP contribution in [-0.4, -0.2) is 21.7 Å². The third-order valence-electron chi connectivity index (χ3n) is 2.82. The van der Waals surface area contributed by atoms with E-state index in [0.29, 0.717) is 29.8 Å². The molecule has 0 amide bonds. The molecule has 0 fully saturated rings. The fourth-order valence-corrected chi connectivity index (χ4v) is 1.91. The lowest BCUT2D eigenvalue weighted by molar-refractivity contribution is 0.340. The fourth-order valence-electron chi connectivity index (χ4n) is 1.91. The molecule has 0 atom stereocenters. The Labute approximate surface area is 121 Å². The van der Waals surface area contributed by atoms with Gasteiger partial charge in [0.15, 0.2) is 0 Å². The zero-order valence-corrected chi connectivity index (χ0v) is 11.5. The number of rotatable bonds is 4. The van der Waals surface area contributed by atoms with Gasteiger partial charge < -0.3 is 15.0 Å². The first-order chi connectivity index (χ1) is 10.3. The van der Waals surface area contributed by atoms with E-state index in [2.05, 4.69) is 15.1 Å². The van der Waals surface area contributed by atoms with Crippen molar-refractivity contribution in [2.45, 2.75) is 6.92 Å². The van der Waals surface area contributed by atoms with Gasteiger partial charge in [-0.2, -0.15) is 4.98 Å². The third kappa shape index (κ3) is 2.84. The maximum atomic E-state index is 5.65. The molecule has 106 valence electrons. The molecule has 6 heteroatoms. The molecule has 3 aromatic rings. The zero-order chi connectivity index (χ0) is 14.7. The summed E-state index contributed by atoms with van der Waals surface area (Å²) in [7, 11) is 0. The molecule has 6 nitrogen and oxygen atoms in total. The van der Waals surface area contributed by atoms with Gasteiger partial charge in [0.05, 0.1) is 6.61 Å². The van der Waals surface area contributed by atoms with Crippen molar-refractivity contribution in [3.8, 4) is 28.7 Å². The minimum absolute atomic E-state index is 0.333. The van der Waals surface area contributed by atoms with Gasteiger partial charge >= 0.3 is 0 Å². The van der Waals surface area contributed by atoms with Crippen molar-refractivity contribution >= 4 is 5.82 Å². The van der Waals surface area contributed by atoms with Crippen LogP contribution < -0.4 is 10.5 Å². The van der Waals surface area contributed by atoms with Crippen LogP contribution in [-0.2, 0) is 0 Å². The molecule has 0 aliphatic rings. The second kappa shape index (κ2) is 5.62. The van der Waals surface area contributed by atoms with Crippen LogP contribution >= 0.6 is 0 Å². The SMILES string of the molecule is CCOc1cccc(-c2noc(-c3cccc(N)n3)n2)c1. The highest BCUT2D eigenvalue weighted by atomic mass is 16.5. The van der Waals surface area contributed by atoms with Gasteiger partial charge in [0.25, 0.3) is 5.89 Å². The Morgan fingerprint density at radius 1 is 1.14 bits per heavy atom. The topological polar surface area (TPSA) is 87.1 Å². The van der Waals surface area contributed by atoms with E-state index in [-0.39, 0.29) is 0 Å². The predicted octanol–water partition coefficient (Wildman–Crippen LogP) is 2.78. The van der Waals surface area contributed by atoms with Gasteiger partial charge in [-0.3, -0.25) is 0 Å². The largest absolute Gasteiger partial charge is 0.494 e. The van der Waals surface area contributed by atoms with Crippen LogP contribution in [0.15, 0.2) is 47.0 Å². The average molecular weight is 282 g/mol. The van der Waals surface area contributed by atoms with Crippen molar-refractivity contribution < 1.29 is 9.26 Å². The van der Waals surface area contributed by atoms with Crippen LogP contribution in [0.5, 0.6) is 5.75 Å². The molecule has 0 bridgehead atoms. The number of anilines is 1. The summed E-state index contributed by atoms with van der Waals surface area (Å²) in [5.41, 5.74) is 7.02. The van der Waals surface area contributed by atoms with Crippen molar-refractivity contribution in [1.82, 2.24) is 15.1 Å². The van der Waals surface area contributed by atoms with E-state index in [1.54, 1.807) is 18.2 Å². The Bertz CT molecular complexity index is 755. The lowest BCUT2D eigenvalue weighted by Crippen LogP contribution is -1.92.